The summed E-state index contributed by atoms with van der Waals surface area (Å²) in [6, 6.07) is 7.00. The normalized spacial score (nSPS) is 14.3. The molecule has 1 aliphatic carbocycles. The number of ether oxygens (including phenoxy) is 2. The predicted octanol–water partition coefficient (Wildman–Crippen LogP) is 2.00. The zero-order chi connectivity index (χ0) is 19.2. The fraction of sp³-hybridized carbons (Fsp3) is 0.450. The van der Waals surface area contributed by atoms with E-state index < -0.39 is 5.97 Å². The molecule has 0 spiro atoms. The van der Waals surface area contributed by atoms with Gasteiger partial charge in [-0.2, -0.15) is 0 Å². The molecule has 144 valence electrons. The van der Waals surface area contributed by atoms with E-state index in [1.54, 1.807) is 37.4 Å². The average Bonchev–Trinajstić information content (AvgIpc) is 3.15. The quantitative estimate of drug-likeness (QED) is 0.751. The first-order chi connectivity index (χ1) is 13.1. The van der Waals surface area contributed by atoms with Crippen LogP contribution in [0.1, 0.15) is 32.6 Å². The van der Waals surface area contributed by atoms with Gasteiger partial charge in [0.05, 0.1) is 12.0 Å². The number of fused-ring (bicyclic) bond motifs is 1. The Hall–Kier alpha value is -2.83. The van der Waals surface area contributed by atoms with Crippen molar-refractivity contribution in [2.24, 2.45) is 0 Å². The highest BCUT2D eigenvalue weighted by Gasteiger charge is 2.18. The zero-order valence-electron chi connectivity index (χ0n) is 15.4. The van der Waals surface area contributed by atoms with E-state index >= 15 is 0 Å². The minimum absolute atomic E-state index is 0.0147. The average molecular weight is 372 g/mol. The van der Waals surface area contributed by atoms with Gasteiger partial charge >= 0.3 is 5.97 Å². The monoisotopic (exact) mass is 372 g/mol. The van der Waals surface area contributed by atoms with Crippen molar-refractivity contribution in [3.05, 3.63) is 40.8 Å². The Morgan fingerprint density at radius 3 is 2.70 bits per heavy atom. The van der Waals surface area contributed by atoms with E-state index in [1.807, 2.05) is 0 Å². The Morgan fingerprint density at radius 2 is 1.96 bits per heavy atom. The molecular weight excluding hydrogens is 348 g/mol. The molecule has 1 fully saturated rings. The summed E-state index contributed by atoms with van der Waals surface area (Å²) >= 11 is 0. The first-order valence-electron chi connectivity index (χ1n) is 9.28. The van der Waals surface area contributed by atoms with Crippen LogP contribution in [0.25, 0.3) is 10.8 Å². The third-order valence-corrected chi connectivity index (χ3v) is 4.66. The van der Waals surface area contributed by atoms with Crippen LogP contribution in [0.4, 0.5) is 0 Å². The molecule has 1 amide bonds. The fourth-order valence-corrected chi connectivity index (χ4v) is 3.38. The molecule has 0 saturated heterocycles. The van der Waals surface area contributed by atoms with Gasteiger partial charge < -0.3 is 19.4 Å². The van der Waals surface area contributed by atoms with E-state index in [2.05, 4.69) is 5.32 Å². The molecule has 7 nitrogen and oxygen atoms in total. The molecule has 1 aliphatic rings. The maximum Gasteiger partial charge on any atom is 0.344 e. The Kier molecular flexibility index (Phi) is 6.11. The van der Waals surface area contributed by atoms with Gasteiger partial charge in [-0.3, -0.25) is 9.59 Å². The summed E-state index contributed by atoms with van der Waals surface area (Å²) in [6.07, 6.45) is 5.85. The van der Waals surface area contributed by atoms with Gasteiger partial charge in [0.15, 0.2) is 6.61 Å². The van der Waals surface area contributed by atoms with Gasteiger partial charge in [-0.05, 0) is 38.0 Å². The van der Waals surface area contributed by atoms with Crippen molar-refractivity contribution in [1.29, 1.82) is 0 Å². The van der Waals surface area contributed by atoms with Gasteiger partial charge in [0, 0.05) is 17.6 Å². The number of nitrogens with zero attached hydrogens (tertiary/aromatic N) is 1. The summed E-state index contributed by atoms with van der Waals surface area (Å²) in [6.45, 7) is 1.77. The van der Waals surface area contributed by atoms with Crippen LogP contribution in [0.5, 0.6) is 5.75 Å². The van der Waals surface area contributed by atoms with E-state index in [0.717, 1.165) is 25.7 Å². The number of amides is 1. The Bertz CT molecular complexity index is 884. The lowest BCUT2D eigenvalue weighted by Gasteiger charge is -2.14. The van der Waals surface area contributed by atoms with Crippen molar-refractivity contribution in [3.63, 3.8) is 0 Å². The number of carbonyl (C=O) groups is 2. The highest BCUT2D eigenvalue weighted by molar-refractivity contribution is 5.88. The molecule has 1 aromatic carbocycles. The van der Waals surface area contributed by atoms with Crippen LogP contribution in [-0.4, -0.2) is 35.7 Å². The first kappa shape index (κ1) is 18.9. The van der Waals surface area contributed by atoms with Gasteiger partial charge in [-0.25, -0.2) is 4.79 Å². The summed E-state index contributed by atoms with van der Waals surface area (Å²) in [5.41, 5.74) is -0.268. The Balaban J connectivity index is 1.75. The largest absolute Gasteiger partial charge is 0.481 e. The van der Waals surface area contributed by atoms with Crippen LogP contribution in [-0.2, 0) is 20.9 Å². The lowest BCUT2D eigenvalue weighted by atomic mass is 10.1. The first-order valence-corrected chi connectivity index (χ1v) is 9.28. The number of aromatic nitrogens is 1. The molecule has 1 aromatic heterocycles. The van der Waals surface area contributed by atoms with Crippen molar-refractivity contribution < 1.29 is 19.1 Å². The molecule has 0 radical (unpaired) electrons. The molecule has 0 aliphatic heterocycles. The Labute approximate surface area is 157 Å². The number of pyridine rings is 1. The molecule has 3 rings (SSSR count). The van der Waals surface area contributed by atoms with E-state index in [9.17, 15) is 14.4 Å². The molecule has 0 atom stereocenters. The maximum atomic E-state index is 12.7. The summed E-state index contributed by atoms with van der Waals surface area (Å²) in [5, 5.41) is 4.02. The smallest absolute Gasteiger partial charge is 0.344 e. The number of carbonyl (C=O) groups excluding carboxylic acids is 2. The fourth-order valence-electron chi connectivity index (χ4n) is 3.38. The van der Waals surface area contributed by atoms with Crippen LogP contribution in [0.3, 0.4) is 0 Å². The lowest BCUT2D eigenvalue weighted by molar-refractivity contribution is -0.145. The second-order valence-corrected chi connectivity index (χ2v) is 6.61. The van der Waals surface area contributed by atoms with Crippen LogP contribution >= 0.6 is 0 Å². The number of hydrogen-bond donors (Lipinski definition) is 1. The molecule has 27 heavy (non-hydrogen) atoms. The number of esters is 1. The van der Waals surface area contributed by atoms with Crippen LogP contribution in [0.2, 0.25) is 0 Å². The third-order valence-electron chi connectivity index (χ3n) is 4.66. The zero-order valence-corrected chi connectivity index (χ0v) is 15.4. The van der Waals surface area contributed by atoms with Crippen molar-refractivity contribution in [3.8, 4) is 5.75 Å². The van der Waals surface area contributed by atoms with Crippen molar-refractivity contribution in [2.45, 2.75) is 45.2 Å². The molecular formula is C20H24N2O5. The topological polar surface area (TPSA) is 86.6 Å². The van der Waals surface area contributed by atoms with Gasteiger partial charge in [0.2, 0.25) is 5.91 Å². The van der Waals surface area contributed by atoms with Crippen LogP contribution in [0, 0.1) is 0 Å². The van der Waals surface area contributed by atoms with E-state index in [4.69, 9.17) is 9.47 Å². The number of rotatable bonds is 7. The second kappa shape index (κ2) is 8.70. The van der Waals surface area contributed by atoms with Gasteiger partial charge in [-0.1, -0.05) is 18.9 Å². The SMILES string of the molecule is CCOC(=O)COc1cccc2c(=O)n(CC(=O)NC3CCCC3)ccc12. The molecule has 0 bridgehead atoms. The lowest BCUT2D eigenvalue weighted by Crippen LogP contribution is -2.37. The molecule has 2 aromatic rings. The molecule has 1 saturated carbocycles. The molecule has 1 N–H and O–H groups in total. The van der Waals surface area contributed by atoms with Crippen molar-refractivity contribution in [2.75, 3.05) is 13.2 Å². The summed E-state index contributed by atoms with van der Waals surface area (Å²) in [5.74, 6) is -0.190. The van der Waals surface area contributed by atoms with E-state index in [0.29, 0.717) is 16.5 Å². The third kappa shape index (κ3) is 4.67. The van der Waals surface area contributed by atoms with Crippen LogP contribution in [0.15, 0.2) is 35.3 Å². The summed E-state index contributed by atoms with van der Waals surface area (Å²) < 4.78 is 11.7. The van der Waals surface area contributed by atoms with E-state index in [1.165, 1.54) is 4.57 Å². The van der Waals surface area contributed by atoms with Gasteiger partial charge in [0.1, 0.15) is 12.3 Å². The minimum atomic E-state index is -0.466. The number of benzene rings is 1. The van der Waals surface area contributed by atoms with Gasteiger partial charge in [0.25, 0.3) is 5.56 Å². The van der Waals surface area contributed by atoms with Crippen LogP contribution < -0.4 is 15.6 Å². The number of hydrogen-bond acceptors (Lipinski definition) is 5. The standard InChI is InChI=1S/C20H24N2O5/c1-2-26-19(24)13-27-17-9-5-8-16-15(17)10-11-22(20(16)25)12-18(23)21-14-6-3-4-7-14/h5,8-11,14H,2-4,6-7,12-13H2,1H3,(H,21,23). The minimum Gasteiger partial charge on any atom is -0.481 e. The van der Waals surface area contributed by atoms with E-state index in [-0.39, 0.29) is 37.3 Å². The van der Waals surface area contributed by atoms with Crippen molar-refractivity contribution in [1.82, 2.24) is 9.88 Å². The maximum absolute atomic E-state index is 12.7. The summed E-state index contributed by atoms with van der Waals surface area (Å²) in [4.78, 5) is 36.4. The highest BCUT2D eigenvalue weighted by Crippen LogP contribution is 2.23. The molecule has 7 heteroatoms. The van der Waals surface area contributed by atoms with Crippen molar-refractivity contribution >= 4 is 22.6 Å². The second-order valence-electron chi connectivity index (χ2n) is 6.61. The highest BCUT2D eigenvalue weighted by atomic mass is 16.6. The number of nitrogens with one attached hydrogen (secondary N) is 1. The predicted molar refractivity (Wildman–Crippen MR) is 101 cm³/mol. The molecule has 1 heterocycles. The summed E-state index contributed by atoms with van der Waals surface area (Å²) in [7, 11) is 0. The van der Waals surface area contributed by atoms with Gasteiger partial charge in [-0.15, -0.1) is 0 Å². The Morgan fingerprint density at radius 1 is 1.19 bits per heavy atom. The molecule has 0 unspecified atom stereocenters.